The molecule has 0 fully saturated rings. The standard InChI is InChI=1S/C14H26BrN3/c1-6-12(9-16-10(3)4)8-13-14(15)11(5)17-18(13)7-2/h10,12,16H,6-9H2,1-5H3. The van der Waals surface area contributed by atoms with Gasteiger partial charge in [-0.3, -0.25) is 4.68 Å². The molecule has 1 N–H and O–H groups in total. The van der Waals surface area contributed by atoms with E-state index in [2.05, 4.69) is 65.6 Å². The summed E-state index contributed by atoms with van der Waals surface area (Å²) >= 11 is 3.68. The fourth-order valence-electron chi connectivity index (χ4n) is 2.10. The summed E-state index contributed by atoms with van der Waals surface area (Å²) in [5, 5.41) is 8.10. The highest BCUT2D eigenvalue weighted by Gasteiger charge is 2.16. The van der Waals surface area contributed by atoms with Crippen LogP contribution in [-0.2, 0) is 13.0 Å². The second-order valence-corrected chi connectivity index (χ2v) is 6.00. The number of hydrogen-bond donors (Lipinski definition) is 1. The van der Waals surface area contributed by atoms with Gasteiger partial charge in [-0.2, -0.15) is 5.10 Å². The summed E-state index contributed by atoms with van der Waals surface area (Å²) in [7, 11) is 0. The fraction of sp³-hybridized carbons (Fsp3) is 0.786. The number of nitrogens with zero attached hydrogens (tertiary/aromatic N) is 2. The Morgan fingerprint density at radius 2 is 2.00 bits per heavy atom. The minimum Gasteiger partial charge on any atom is -0.314 e. The van der Waals surface area contributed by atoms with Crippen LogP contribution in [0.15, 0.2) is 4.47 Å². The molecule has 0 aromatic carbocycles. The normalized spacial score (nSPS) is 13.3. The number of nitrogens with one attached hydrogen (secondary N) is 1. The quantitative estimate of drug-likeness (QED) is 0.834. The molecule has 1 heterocycles. The Kier molecular flexibility index (Phi) is 6.36. The van der Waals surface area contributed by atoms with Crippen LogP contribution >= 0.6 is 15.9 Å². The van der Waals surface area contributed by atoms with E-state index in [1.165, 1.54) is 16.6 Å². The van der Waals surface area contributed by atoms with E-state index in [4.69, 9.17) is 0 Å². The summed E-state index contributed by atoms with van der Waals surface area (Å²) in [6, 6.07) is 0.556. The Labute approximate surface area is 119 Å². The minimum absolute atomic E-state index is 0.556. The highest BCUT2D eigenvalue weighted by molar-refractivity contribution is 9.10. The molecule has 0 aliphatic heterocycles. The van der Waals surface area contributed by atoms with Crippen molar-refractivity contribution in [2.24, 2.45) is 5.92 Å². The van der Waals surface area contributed by atoms with Crippen molar-refractivity contribution in [3.05, 3.63) is 15.9 Å². The molecule has 0 amide bonds. The van der Waals surface area contributed by atoms with Gasteiger partial charge < -0.3 is 5.32 Å². The molecule has 0 aliphatic carbocycles. The van der Waals surface area contributed by atoms with Gasteiger partial charge in [0.1, 0.15) is 0 Å². The van der Waals surface area contributed by atoms with Gasteiger partial charge in [0.25, 0.3) is 0 Å². The number of hydrogen-bond acceptors (Lipinski definition) is 2. The predicted molar refractivity (Wildman–Crippen MR) is 81.0 cm³/mol. The maximum atomic E-state index is 4.56. The highest BCUT2D eigenvalue weighted by atomic mass is 79.9. The lowest BCUT2D eigenvalue weighted by Crippen LogP contribution is -2.30. The predicted octanol–water partition coefficient (Wildman–Crippen LogP) is 3.54. The molecular formula is C14H26BrN3. The van der Waals surface area contributed by atoms with Crippen molar-refractivity contribution in [2.75, 3.05) is 6.54 Å². The van der Waals surface area contributed by atoms with E-state index in [0.29, 0.717) is 12.0 Å². The zero-order valence-electron chi connectivity index (χ0n) is 12.3. The first kappa shape index (κ1) is 15.7. The first-order chi connectivity index (χ1) is 8.49. The van der Waals surface area contributed by atoms with Crippen LogP contribution in [-0.4, -0.2) is 22.4 Å². The first-order valence-electron chi connectivity index (χ1n) is 6.94. The average Bonchev–Trinajstić information content (AvgIpc) is 2.61. The fourth-order valence-corrected chi connectivity index (χ4v) is 2.55. The summed E-state index contributed by atoms with van der Waals surface area (Å²) < 4.78 is 3.31. The Bertz CT molecular complexity index is 371. The van der Waals surface area contributed by atoms with Gasteiger partial charge in [-0.05, 0) is 48.7 Å². The van der Waals surface area contributed by atoms with Crippen LogP contribution in [0.5, 0.6) is 0 Å². The van der Waals surface area contributed by atoms with E-state index in [0.717, 1.165) is 25.2 Å². The SMILES string of the molecule is CCC(CNC(C)C)Cc1c(Br)c(C)nn1CC. The van der Waals surface area contributed by atoms with Crippen molar-refractivity contribution in [3.8, 4) is 0 Å². The minimum atomic E-state index is 0.556. The van der Waals surface area contributed by atoms with Gasteiger partial charge >= 0.3 is 0 Å². The molecule has 1 unspecified atom stereocenters. The average molecular weight is 316 g/mol. The first-order valence-corrected chi connectivity index (χ1v) is 7.73. The van der Waals surface area contributed by atoms with E-state index in [-0.39, 0.29) is 0 Å². The molecule has 4 heteroatoms. The number of rotatable bonds is 7. The van der Waals surface area contributed by atoms with E-state index in [1.807, 2.05) is 0 Å². The Morgan fingerprint density at radius 3 is 2.50 bits per heavy atom. The summed E-state index contributed by atoms with van der Waals surface area (Å²) in [5.74, 6) is 0.671. The van der Waals surface area contributed by atoms with Crippen molar-refractivity contribution < 1.29 is 0 Å². The molecule has 18 heavy (non-hydrogen) atoms. The molecule has 0 bridgehead atoms. The summed E-state index contributed by atoms with van der Waals surface area (Å²) in [5.41, 5.74) is 2.44. The summed E-state index contributed by atoms with van der Waals surface area (Å²) in [6.07, 6.45) is 2.28. The molecule has 0 aliphatic rings. The van der Waals surface area contributed by atoms with Gasteiger partial charge in [-0.25, -0.2) is 0 Å². The molecule has 0 radical (unpaired) electrons. The Morgan fingerprint density at radius 1 is 1.33 bits per heavy atom. The van der Waals surface area contributed by atoms with E-state index in [1.54, 1.807) is 0 Å². The van der Waals surface area contributed by atoms with Crippen LogP contribution in [0.25, 0.3) is 0 Å². The molecular weight excluding hydrogens is 290 g/mol. The van der Waals surface area contributed by atoms with E-state index < -0.39 is 0 Å². The molecule has 0 saturated heterocycles. The molecule has 3 nitrogen and oxygen atoms in total. The third kappa shape index (κ3) is 4.09. The van der Waals surface area contributed by atoms with Crippen molar-refractivity contribution >= 4 is 15.9 Å². The number of aromatic nitrogens is 2. The van der Waals surface area contributed by atoms with Gasteiger partial charge in [-0.1, -0.05) is 27.2 Å². The van der Waals surface area contributed by atoms with Gasteiger partial charge in [0, 0.05) is 12.6 Å². The molecule has 104 valence electrons. The monoisotopic (exact) mass is 315 g/mol. The van der Waals surface area contributed by atoms with Crippen LogP contribution in [0, 0.1) is 12.8 Å². The van der Waals surface area contributed by atoms with Crippen LogP contribution in [0.3, 0.4) is 0 Å². The van der Waals surface area contributed by atoms with Gasteiger partial charge in [0.2, 0.25) is 0 Å². The maximum absolute atomic E-state index is 4.56. The zero-order chi connectivity index (χ0) is 13.7. The third-order valence-electron chi connectivity index (χ3n) is 3.33. The van der Waals surface area contributed by atoms with Gasteiger partial charge in [0.15, 0.2) is 0 Å². The smallest absolute Gasteiger partial charge is 0.0738 e. The summed E-state index contributed by atoms with van der Waals surface area (Å²) in [6.45, 7) is 12.9. The highest BCUT2D eigenvalue weighted by Crippen LogP contribution is 2.24. The van der Waals surface area contributed by atoms with Crippen molar-refractivity contribution in [1.82, 2.24) is 15.1 Å². The molecule has 0 saturated carbocycles. The second kappa shape index (κ2) is 7.29. The van der Waals surface area contributed by atoms with E-state index >= 15 is 0 Å². The van der Waals surface area contributed by atoms with Crippen molar-refractivity contribution in [1.29, 1.82) is 0 Å². The second-order valence-electron chi connectivity index (χ2n) is 5.20. The van der Waals surface area contributed by atoms with Crippen LogP contribution < -0.4 is 5.32 Å². The lowest BCUT2D eigenvalue weighted by atomic mass is 9.99. The lowest BCUT2D eigenvalue weighted by Gasteiger charge is -2.18. The van der Waals surface area contributed by atoms with Gasteiger partial charge in [0.05, 0.1) is 15.9 Å². The number of aryl methyl sites for hydroxylation is 2. The molecule has 0 spiro atoms. The molecule has 1 aromatic heterocycles. The van der Waals surface area contributed by atoms with E-state index in [9.17, 15) is 0 Å². The molecule has 1 rings (SSSR count). The van der Waals surface area contributed by atoms with Gasteiger partial charge in [-0.15, -0.1) is 0 Å². The number of halogens is 1. The molecule has 1 atom stereocenters. The summed E-state index contributed by atoms with van der Waals surface area (Å²) in [4.78, 5) is 0. The third-order valence-corrected chi connectivity index (χ3v) is 4.36. The van der Waals surface area contributed by atoms with Crippen molar-refractivity contribution in [3.63, 3.8) is 0 Å². The Balaban J connectivity index is 2.74. The van der Waals surface area contributed by atoms with Crippen LogP contribution in [0.4, 0.5) is 0 Å². The Hall–Kier alpha value is -0.350. The molecule has 1 aromatic rings. The maximum Gasteiger partial charge on any atom is 0.0738 e. The zero-order valence-corrected chi connectivity index (χ0v) is 13.8. The lowest BCUT2D eigenvalue weighted by molar-refractivity contribution is 0.422. The topological polar surface area (TPSA) is 29.9 Å². The largest absolute Gasteiger partial charge is 0.314 e. The van der Waals surface area contributed by atoms with Crippen LogP contribution in [0.2, 0.25) is 0 Å². The van der Waals surface area contributed by atoms with Crippen molar-refractivity contribution in [2.45, 2.75) is 60.0 Å². The van der Waals surface area contributed by atoms with Crippen LogP contribution in [0.1, 0.15) is 45.5 Å².